The Labute approximate surface area is 180 Å². The first-order valence-corrected chi connectivity index (χ1v) is 11.5. The Kier molecular flexibility index (Phi) is 8.15. The Morgan fingerprint density at radius 3 is 2.43 bits per heavy atom. The Bertz CT molecular complexity index is 678. The van der Waals surface area contributed by atoms with Gasteiger partial charge in [-0.25, -0.2) is 4.98 Å². The Morgan fingerprint density at radius 1 is 1.17 bits per heavy atom. The first-order valence-electron chi connectivity index (χ1n) is 10.7. The van der Waals surface area contributed by atoms with Crippen LogP contribution < -0.4 is 10.2 Å². The molecule has 30 heavy (non-hydrogen) atoms. The fourth-order valence-corrected chi connectivity index (χ4v) is 4.83. The van der Waals surface area contributed by atoms with Gasteiger partial charge in [0, 0.05) is 57.7 Å². The molecule has 0 bridgehead atoms. The van der Waals surface area contributed by atoms with E-state index in [0.29, 0.717) is 19.0 Å². The van der Waals surface area contributed by atoms with Gasteiger partial charge in [0.1, 0.15) is 5.82 Å². The number of aromatic nitrogens is 2. The first kappa shape index (κ1) is 23.1. The molecule has 0 spiro atoms. The van der Waals surface area contributed by atoms with Crippen molar-refractivity contribution in [2.45, 2.75) is 38.8 Å². The summed E-state index contributed by atoms with van der Waals surface area (Å²) in [6, 6.07) is 0. The maximum Gasteiger partial charge on any atom is 0.401 e. The maximum absolute atomic E-state index is 12.5. The van der Waals surface area contributed by atoms with Crippen LogP contribution in [0.2, 0.25) is 0 Å². The number of hydrogen-bond donors (Lipinski definition) is 1. The lowest BCUT2D eigenvalue weighted by Crippen LogP contribution is -2.52. The number of aliphatic imine (C=N–C) groups is 1. The van der Waals surface area contributed by atoms with E-state index in [2.05, 4.69) is 36.4 Å². The van der Waals surface area contributed by atoms with Gasteiger partial charge in [-0.3, -0.25) is 9.89 Å². The second kappa shape index (κ2) is 10.6. The standard InChI is InChI=1S/C19H32F3N7S/c1-3-16-25-18(30-26-16)29-12-10-28(11-13-29)17(23-2)24-7-4-15-5-8-27(9-6-15)14-19(20,21)22/h15H,3-14H2,1-2H3,(H,23,24). The van der Waals surface area contributed by atoms with Crippen LogP contribution in [0.5, 0.6) is 0 Å². The van der Waals surface area contributed by atoms with Gasteiger partial charge in [-0.1, -0.05) is 6.92 Å². The number of piperidine rings is 1. The van der Waals surface area contributed by atoms with Gasteiger partial charge < -0.3 is 15.1 Å². The maximum atomic E-state index is 12.5. The number of rotatable bonds is 6. The third-order valence-corrected chi connectivity index (χ3v) is 6.60. The topological polar surface area (TPSA) is 59.9 Å². The Hall–Kier alpha value is -1.62. The number of likely N-dealkylation sites (tertiary alicyclic amines) is 1. The third kappa shape index (κ3) is 6.69. The van der Waals surface area contributed by atoms with Crippen molar-refractivity contribution in [2.24, 2.45) is 10.9 Å². The minimum absolute atomic E-state index is 0.474. The van der Waals surface area contributed by atoms with Crippen molar-refractivity contribution in [1.29, 1.82) is 0 Å². The summed E-state index contributed by atoms with van der Waals surface area (Å²) in [6.07, 6.45) is -0.621. The predicted octanol–water partition coefficient (Wildman–Crippen LogP) is 2.46. The summed E-state index contributed by atoms with van der Waals surface area (Å²) in [5.74, 6) is 2.27. The quantitative estimate of drug-likeness (QED) is 0.534. The van der Waals surface area contributed by atoms with Gasteiger partial charge in [-0.05, 0) is 38.3 Å². The zero-order chi connectivity index (χ0) is 21.6. The van der Waals surface area contributed by atoms with Gasteiger partial charge in [0.15, 0.2) is 5.96 Å². The summed E-state index contributed by atoms with van der Waals surface area (Å²) in [4.78, 5) is 15.0. The van der Waals surface area contributed by atoms with Crippen molar-refractivity contribution in [3.8, 4) is 0 Å². The number of alkyl halides is 3. The third-order valence-electron chi connectivity index (χ3n) is 5.78. The molecule has 11 heteroatoms. The lowest BCUT2D eigenvalue weighted by Gasteiger charge is -2.36. The van der Waals surface area contributed by atoms with Crippen molar-refractivity contribution in [3.63, 3.8) is 0 Å². The molecule has 3 heterocycles. The summed E-state index contributed by atoms with van der Waals surface area (Å²) < 4.78 is 41.9. The lowest BCUT2D eigenvalue weighted by atomic mass is 9.93. The molecule has 0 aliphatic carbocycles. The fourth-order valence-electron chi connectivity index (χ4n) is 4.03. The van der Waals surface area contributed by atoms with E-state index in [4.69, 9.17) is 0 Å². The van der Waals surface area contributed by atoms with Crippen molar-refractivity contribution >= 4 is 22.6 Å². The molecule has 2 fully saturated rings. The zero-order valence-corrected chi connectivity index (χ0v) is 18.6. The van der Waals surface area contributed by atoms with Crippen molar-refractivity contribution < 1.29 is 13.2 Å². The highest BCUT2D eigenvalue weighted by molar-refractivity contribution is 7.09. The summed E-state index contributed by atoms with van der Waals surface area (Å²) in [6.45, 7) is 6.66. The zero-order valence-electron chi connectivity index (χ0n) is 17.8. The van der Waals surface area contributed by atoms with Gasteiger partial charge in [0.05, 0.1) is 6.54 Å². The van der Waals surface area contributed by atoms with Gasteiger partial charge in [-0.15, -0.1) is 0 Å². The number of guanidine groups is 1. The van der Waals surface area contributed by atoms with Crippen LogP contribution in [-0.2, 0) is 6.42 Å². The monoisotopic (exact) mass is 447 g/mol. The molecule has 2 aliphatic rings. The van der Waals surface area contributed by atoms with Crippen LogP contribution in [0.15, 0.2) is 4.99 Å². The molecule has 1 N–H and O–H groups in total. The SMILES string of the molecule is CCc1nsc(N2CCN(C(=NC)NCCC3CCN(CC(F)(F)F)CC3)CC2)n1. The van der Waals surface area contributed by atoms with Crippen molar-refractivity contribution in [3.05, 3.63) is 5.82 Å². The highest BCUT2D eigenvalue weighted by Gasteiger charge is 2.32. The van der Waals surface area contributed by atoms with E-state index >= 15 is 0 Å². The molecule has 0 radical (unpaired) electrons. The van der Waals surface area contributed by atoms with Crippen LogP contribution in [0, 0.1) is 5.92 Å². The summed E-state index contributed by atoms with van der Waals surface area (Å²) in [7, 11) is 1.79. The highest BCUT2D eigenvalue weighted by Crippen LogP contribution is 2.24. The molecule has 2 aliphatic heterocycles. The molecule has 1 aromatic heterocycles. The van der Waals surface area contributed by atoms with E-state index in [1.165, 1.54) is 16.4 Å². The van der Waals surface area contributed by atoms with Crippen LogP contribution in [0.3, 0.4) is 0 Å². The number of aryl methyl sites for hydroxylation is 1. The molecule has 3 rings (SSSR count). The van der Waals surface area contributed by atoms with Crippen molar-refractivity contribution in [2.75, 3.05) is 64.3 Å². The van der Waals surface area contributed by atoms with Gasteiger partial charge in [0.2, 0.25) is 5.13 Å². The first-order chi connectivity index (χ1) is 14.4. The summed E-state index contributed by atoms with van der Waals surface area (Å²) in [5, 5.41) is 4.43. The van der Waals surface area contributed by atoms with Crippen LogP contribution in [0.1, 0.15) is 32.0 Å². The molecule has 1 aromatic rings. The number of nitrogens with one attached hydrogen (secondary N) is 1. The molecular formula is C19H32F3N7S. The van der Waals surface area contributed by atoms with Crippen molar-refractivity contribution in [1.82, 2.24) is 24.5 Å². The molecule has 0 unspecified atom stereocenters. The minimum atomic E-state index is -4.10. The van der Waals surface area contributed by atoms with Crippen LogP contribution in [0.4, 0.5) is 18.3 Å². The van der Waals surface area contributed by atoms with E-state index in [9.17, 15) is 13.2 Å². The van der Waals surface area contributed by atoms with E-state index in [-0.39, 0.29) is 0 Å². The van der Waals surface area contributed by atoms with E-state index < -0.39 is 12.7 Å². The van der Waals surface area contributed by atoms with E-state index in [1.54, 1.807) is 7.05 Å². The molecule has 7 nitrogen and oxygen atoms in total. The predicted molar refractivity (Wildman–Crippen MR) is 114 cm³/mol. The lowest BCUT2D eigenvalue weighted by molar-refractivity contribution is -0.148. The second-order valence-electron chi connectivity index (χ2n) is 7.92. The summed E-state index contributed by atoms with van der Waals surface area (Å²) >= 11 is 1.46. The number of piperazine rings is 1. The van der Waals surface area contributed by atoms with Crippen LogP contribution >= 0.6 is 11.5 Å². The number of nitrogens with zero attached hydrogens (tertiary/aromatic N) is 6. The largest absolute Gasteiger partial charge is 0.401 e. The minimum Gasteiger partial charge on any atom is -0.356 e. The Balaban J connectivity index is 1.35. The number of anilines is 1. The Morgan fingerprint density at radius 2 is 1.87 bits per heavy atom. The van der Waals surface area contributed by atoms with Gasteiger partial charge >= 0.3 is 6.18 Å². The molecule has 0 saturated carbocycles. The van der Waals surface area contributed by atoms with Gasteiger partial charge in [0.25, 0.3) is 0 Å². The average Bonchev–Trinajstić information content (AvgIpc) is 3.21. The molecule has 170 valence electrons. The van der Waals surface area contributed by atoms with E-state index in [0.717, 1.165) is 75.3 Å². The normalized spacial score (nSPS) is 20.1. The van der Waals surface area contributed by atoms with Gasteiger partial charge in [-0.2, -0.15) is 17.5 Å². The second-order valence-corrected chi connectivity index (χ2v) is 8.65. The van der Waals surface area contributed by atoms with Crippen LogP contribution in [0.25, 0.3) is 0 Å². The molecule has 0 amide bonds. The average molecular weight is 448 g/mol. The molecular weight excluding hydrogens is 415 g/mol. The molecule has 0 atom stereocenters. The fraction of sp³-hybridized carbons (Fsp3) is 0.842. The summed E-state index contributed by atoms with van der Waals surface area (Å²) in [5.41, 5.74) is 0. The number of halogens is 3. The molecule has 2 saturated heterocycles. The number of hydrogen-bond acceptors (Lipinski definition) is 6. The molecule has 0 aromatic carbocycles. The van der Waals surface area contributed by atoms with E-state index in [1.807, 2.05) is 0 Å². The smallest absolute Gasteiger partial charge is 0.356 e. The van der Waals surface area contributed by atoms with Crippen LogP contribution in [-0.4, -0.2) is 90.7 Å². The highest BCUT2D eigenvalue weighted by atomic mass is 32.1.